The van der Waals surface area contributed by atoms with Gasteiger partial charge in [0.25, 0.3) is 0 Å². The smallest absolute Gasteiger partial charge is 0.166 e. The molecule has 0 N–H and O–H groups in total. The second-order valence-corrected chi connectivity index (χ2v) is 4.64. The Morgan fingerprint density at radius 2 is 2.18 bits per heavy atom. The number of aldehydes is 1. The Bertz CT molecular complexity index is 567. The molecule has 0 atom stereocenters. The Morgan fingerprint density at radius 3 is 2.82 bits per heavy atom. The molecule has 1 aliphatic carbocycles. The van der Waals surface area contributed by atoms with Gasteiger partial charge in [0.05, 0.1) is 17.3 Å². The summed E-state index contributed by atoms with van der Waals surface area (Å²) in [7, 11) is 1.90. The number of carbonyl (C=O) groups is 1. The molecule has 1 heterocycles. The Labute approximate surface area is 100.0 Å². The van der Waals surface area contributed by atoms with Crippen molar-refractivity contribution in [1.82, 2.24) is 4.57 Å². The van der Waals surface area contributed by atoms with E-state index < -0.39 is 0 Å². The van der Waals surface area contributed by atoms with Crippen molar-refractivity contribution in [3.8, 4) is 5.75 Å². The van der Waals surface area contributed by atoms with Crippen molar-refractivity contribution in [3.63, 3.8) is 0 Å². The zero-order valence-electron chi connectivity index (χ0n) is 9.85. The van der Waals surface area contributed by atoms with E-state index in [1.54, 1.807) is 0 Å². The van der Waals surface area contributed by atoms with Gasteiger partial charge in [0.1, 0.15) is 5.75 Å². The first-order valence-electron chi connectivity index (χ1n) is 5.99. The van der Waals surface area contributed by atoms with Crippen LogP contribution in [-0.2, 0) is 7.05 Å². The highest BCUT2D eigenvalue weighted by Gasteiger charge is 2.19. The van der Waals surface area contributed by atoms with Crippen LogP contribution < -0.4 is 4.74 Å². The van der Waals surface area contributed by atoms with Gasteiger partial charge >= 0.3 is 0 Å². The van der Waals surface area contributed by atoms with E-state index in [4.69, 9.17) is 4.74 Å². The van der Waals surface area contributed by atoms with Crippen molar-refractivity contribution in [2.75, 3.05) is 0 Å². The highest BCUT2D eigenvalue weighted by Crippen LogP contribution is 2.28. The van der Waals surface area contributed by atoms with Gasteiger partial charge in [-0.1, -0.05) is 0 Å². The standard InChI is InChI=1S/C14H15NO2/c1-15-11(9-16)7-10-5-6-13(8-14(10)15)17-12-3-2-4-12/h5-9,12H,2-4H2,1H3. The van der Waals surface area contributed by atoms with Gasteiger partial charge in [-0.05, 0) is 37.5 Å². The average Bonchev–Trinajstić information content (AvgIpc) is 2.61. The Balaban J connectivity index is 1.98. The summed E-state index contributed by atoms with van der Waals surface area (Å²) >= 11 is 0. The van der Waals surface area contributed by atoms with Gasteiger partial charge in [-0.2, -0.15) is 0 Å². The fourth-order valence-electron chi connectivity index (χ4n) is 2.20. The first kappa shape index (κ1) is 10.4. The number of aryl methyl sites for hydroxylation is 1. The first-order valence-corrected chi connectivity index (χ1v) is 5.99. The Hall–Kier alpha value is -1.77. The third-order valence-electron chi connectivity index (χ3n) is 3.53. The highest BCUT2D eigenvalue weighted by molar-refractivity contribution is 5.89. The molecule has 0 unspecified atom stereocenters. The van der Waals surface area contributed by atoms with Crippen LogP contribution in [0, 0.1) is 0 Å². The largest absolute Gasteiger partial charge is 0.490 e. The van der Waals surface area contributed by atoms with E-state index in [0.717, 1.165) is 35.8 Å². The van der Waals surface area contributed by atoms with E-state index in [0.29, 0.717) is 11.8 Å². The van der Waals surface area contributed by atoms with Crippen molar-refractivity contribution in [1.29, 1.82) is 0 Å². The molecule has 1 saturated carbocycles. The van der Waals surface area contributed by atoms with Crippen molar-refractivity contribution in [3.05, 3.63) is 30.0 Å². The molecular formula is C14H15NO2. The number of ether oxygens (including phenoxy) is 1. The molecule has 3 rings (SSSR count). The van der Waals surface area contributed by atoms with E-state index in [-0.39, 0.29) is 0 Å². The van der Waals surface area contributed by atoms with Crippen molar-refractivity contribution >= 4 is 17.2 Å². The van der Waals surface area contributed by atoms with Crippen molar-refractivity contribution in [2.45, 2.75) is 25.4 Å². The van der Waals surface area contributed by atoms with Gasteiger partial charge in [-0.25, -0.2) is 0 Å². The lowest BCUT2D eigenvalue weighted by Gasteiger charge is -2.26. The topological polar surface area (TPSA) is 31.2 Å². The SMILES string of the molecule is Cn1c(C=O)cc2ccc(OC3CCC3)cc21. The number of carbonyl (C=O) groups excluding carboxylic acids is 1. The number of aromatic nitrogens is 1. The molecule has 1 aliphatic rings. The molecule has 0 aliphatic heterocycles. The van der Waals surface area contributed by atoms with Crippen LogP contribution in [0.15, 0.2) is 24.3 Å². The molecule has 0 bridgehead atoms. The molecule has 3 nitrogen and oxygen atoms in total. The molecule has 1 aromatic carbocycles. The summed E-state index contributed by atoms with van der Waals surface area (Å²) in [4.78, 5) is 10.9. The van der Waals surface area contributed by atoms with E-state index >= 15 is 0 Å². The number of hydrogen-bond donors (Lipinski definition) is 0. The number of rotatable bonds is 3. The minimum Gasteiger partial charge on any atom is -0.490 e. The molecule has 2 aromatic rings. The fraction of sp³-hybridized carbons (Fsp3) is 0.357. The summed E-state index contributed by atoms with van der Waals surface area (Å²) in [5.41, 5.74) is 1.74. The van der Waals surface area contributed by atoms with Gasteiger partial charge < -0.3 is 9.30 Å². The van der Waals surface area contributed by atoms with Crippen LogP contribution >= 0.6 is 0 Å². The molecule has 1 aromatic heterocycles. The van der Waals surface area contributed by atoms with Gasteiger partial charge in [0.2, 0.25) is 0 Å². The maximum absolute atomic E-state index is 10.9. The minimum atomic E-state index is 0.387. The first-order chi connectivity index (χ1) is 8.28. The van der Waals surface area contributed by atoms with Crippen molar-refractivity contribution in [2.24, 2.45) is 7.05 Å². The number of nitrogens with zero attached hydrogens (tertiary/aromatic N) is 1. The van der Waals surface area contributed by atoms with Gasteiger partial charge in [0, 0.05) is 18.5 Å². The maximum atomic E-state index is 10.9. The van der Waals surface area contributed by atoms with Crippen molar-refractivity contribution < 1.29 is 9.53 Å². The Morgan fingerprint density at radius 1 is 1.35 bits per heavy atom. The monoisotopic (exact) mass is 229 g/mol. The summed E-state index contributed by atoms with van der Waals surface area (Å²) in [5.74, 6) is 0.904. The molecule has 0 radical (unpaired) electrons. The summed E-state index contributed by atoms with van der Waals surface area (Å²) < 4.78 is 7.75. The summed E-state index contributed by atoms with van der Waals surface area (Å²) in [6.45, 7) is 0. The van der Waals surface area contributed by atoms with Gasteiger partial charge in [-0.3, -0.25) is 4.79 Å². The van der Waals surface area contributed by atoms with E-state index in [2.05, 4.69) is 0 Å². The number of fused-ring (bicyclic) bond motifs is 1. The quantitative estimate of drug-likeness (QED) is 0.758. The van der Waals surface area contributed by atoms with Crippen LogP contribution in [0.1, 0.15) is 29.8 Å². The third kappa shape index (κ3) is 1.71. The minimum absolute atomic E-state index is 0.387. The third-order valence-corrected chi connectivity index (χ3v) is 3.53. The summed E-state index contributed by atoms with van der Waals surface area (Å²) in [6.07, 6.45) is 4.85. The summed E-state index contributed by atoms with van der Waals surface area (Å²) in [6, 6.07) is 7.90. The lowest BCUT2D eigenvalue weighted by Crippen LogP contribution is -2.24. The van der Waals surface area contributed by atoms with Crippen LogP contribution in [-0.4, -0.2) is 17.0 Å². The van der Waals surface area contributed by atoms with Crippen LogP contribution in [0.4, 0.5) is 0 Å². The molecule has 88 valence electrons. The van der Waals surface area contributed by atoms with E-state index in [1.165, 1.54) is 6.42 Å². The zero-order chi connectivity index (χ0) is 11.8. The molecule has 17 heavy (non-hydrogen) atoms. The molecule has 0 spiro atoms. The van der Waals surface area contributed by atoms with Crippen LogP contribution in [0.25, 0.3) is 10.9 Å². The second kappa shape index (κ2) is 3.91. The molecule has 0 saturated heterocycles. The molecule has 0 amide bonds. The number of hydrogen-bond acceptors (Lipinski definition) is 2. The highest BCUT2D eigenvalue weighted by atomic mass is 16.5. The van der Waals surface area contributed by atoms with Crippen LogP contribution in [0.5, 0.6) is 5.75 Å². The lowest BCUT2D eigenvalue weighted by molar-refractivity contribution is 0.111. The average molecular weight is 229 g/mol. The lowest BCUT2D eigenvalue weighted by atomic mass is 9.96. The zero-order valence-corrected chi connectivity index (χ0v) is 9.85. The Kier molecular flexibility index (Phi) is 2.39. The predicted molar refractivity (Wildman–Crippen MR) is 66.6 cm³/mol. The van der Waals surface area contributed by atoms with E-state index in [1.807, 2.05) is 35.9 Å². The predicted octanol–water partition coefficient (Wildman–Crippen LogP) is 2.92. The second-order valence-electron chi connectivity index (χ2n) is 4.64. The fourth-order valence-corrected chi connectivity index (χ4v) is 2.20. The van der Waals surface area contributed by atoms with Gasteiger partial charge in [0.15, 0.2) is 6.29 Å². The number of benzene rings is 1. The van der Waals surface area contributed by atoms with Gasteiger partial charge in [-0.15, -0.1) is 0 Å². The molecule has 1 fully saturated rings. The van der Waals surface area contributed by atoms with Crippen LogP contribution in [0.3, 0.4) is 0 Å². The maximum Gasteiger partial charge on any atom is 0.166 e. The van der Waals surface area contributed by atoms with E-state index in [9.17, 15) is 4.79 Å². The summed E-state index contributed by atoms with van der Waals surface area (Å²) in [5, 5.41) is 1.08. The normalized spacial score (nSPS) is 15.8. The molecule has 3 heteroatoms. The molecular weight excluding hydrogens is 214 g/mol. The van der Waals surface area contributed by atoms with Crippen LogP contribution in [0.2, 0.25) is 0 Å².